The molecule has 4 aromatic rings. The molecule has 9 heteroatoms. The number of nitrogens with one attached hydrogen (secondary N) is 1. The highest BCUT2D eigenvalue weighted by molar-refractivity contribution is 6.34. The first-order valence-corrected chi connectivity index (χ1v) is 8.46. The normalized spacial score (nSPS) is 10.8. The quantitative estimate of drug-likeness (QED) is 0.396. The standard InChI is InChI=1S/C19H11ClN4O4/c20-15-7-6-13(24(26)27)10-14(15)18(25)22-12-4-1-3-11(9-12)19-23-17-16(28-19)5-2-8-21-17/h1-10H,(H,22,25). The van der Waals surface area contributed by atoms with E-state index in [4.69, 9.17) is 16.0 Å². The molecule has 0 saturated carbocycles. The molecular formula is C19H11ClN4O4. The van der Waals surface area contributed by atoms with Crippen LogP contribution in [0.1, 0.15) is 10.4 Å². The van der Waals surface area contributed by atoms with E-state index in [9.17, 15) is 14.9 Å². The number of hydrogen-bond acceptors (Lipinski definition) is 6. The number of benzene rings is 2. The SMILES string of the molecule is O=C(Nc1cccc(-c2nc3ncccc3o2)c1)c1cc([N+](=O)[O-])ccc1Cl. The number of hydrogen-bond donors (Lipinski definition) is 1. The first kappa shape index (κ1) is 17.6. The van der Waals surface area contributed by atoms with Gasteiger partial charge in [0.25, 0.3) is 11.6 Å². The van der Waals surface area contributed by atoms with Crippen LogP contribution in [0.15, 0.2) is 65.2 Å². The number of aromatic nitrogens is 2. The molecule has 0 saturated heterocycles. The zero-order valence-corrected chi connectivity index (χ0v) is 14.9. The van der Waals surface area contributed by atoms with Crippen LogP contribution >= 0.6 is 11.6 Å². The Morgan fingerprint density at radius 1 is 1.14 bits per heavy atom. The number of non-ortho nitro benzene ring substituents is 1. The van der Waals surface area contributed by atoms with E-state index in [1.165, 1.54) is 12.1 Å². The van der Waals surface area contributed by atoms with Crippen molar-refractivity contribution in [3.8, 4) is 11.5 Å². The van der Waals surface area contributed by atoms with E-state index in [0.29, 0.717) is 28.4 Å². The second kappa shape index (κ2) is 7.09. The van der Waals surface area contributed by atoms with Crippen LogP contribution in [-0.2, 0) is 0 Å². The molecule has 0 aliphatic carbocycles. The Hall–Kier alpha value is -3.78. The van der Waals surface area contributed by atoms with E-state index >= 15 is 0 Å². The van der Waals surface area contributed by atoms with Gasteiger partial charge in [-0.15, -0.1) is 0 Å². The van der Waals surface area contributed by atoms with Gasteiger partial charge >= 0.3 is 0 Å². The summed E-state index contributed by atoms with van der Waals surface area (Å²) in [6.45, 7) is 0. The van der Waals surface area contributed by atoms with Crippen molar-refractivity contribution in [2.45, 2.75) is 0 Å². The van der Waals surface area contributed by atoms with Gasteiger partial charge < -0.3 is 9.73 Å². The van der Waals surface area contributed by atoms with Gasteiger partial charge in [0, 0.05) is 29.6 Å². The number of amides is 1. The monoisotopic (exact) mass is 394 g/mol. The van der Waals surface area contributed by atoms with Crippen molar-refractivity contribution in [1.29, 1.82) is 0 Å². The molecule has 0 aliphatic rings. The molecule has 0 fully saturated rings. The van der Waals surface area contributed by atoms with E-state index < -0.39 is 10.8 Å². The van der Waals surface area contributed by atoms with Crippen molar-refractivity contribution in [1.82, 2.24) is 9.97 Å². The second-order valence-electron chi connectivity index (χ2n) is 5.80. The fourth-order valence-corrected chi connectivity index (χ4v) is 2.83. The van der Waals surface area contributed by atoms with Crippen molar-refractivity contribution in [2.24, 2.45) is 0 Å². The highest BCUT2D eigenvalue weighted by Gasteiger charge is 2.17. The number of nitro groups is 1. The Labute approximate surface area is 162 Å². The highest BCUT2D eigenvalue weighted by atomic mass is 35.5. The maximum Gasteiger partial charge on any atom is 0.270 e. The van der Waals surface area contributed by atoms with Crippen LogP contribution in [0.2, 0.25) is 5.02 Å². The Morgan fingerprint density at radius 2 is 2.00 bits per heavy atom. The number of nitro benzene ring substituents is 1. The molecule has 1 N–H and O–H groups in total. The third kappa shape index (κ3) is 3.40. The number of carbonyl (C=O) groups excluding carboxylic acids is 1. The molecule has 8 nitrogen and oxygen atoms in total. The van der Waals surface area contributed by atoms with Crippen LogP contribution in [0.3, 0.4) is 0 Å². The minimum atomic E-state index is -0.588. The molecule has 0 aliphatic heterocycles. The first-order chi connectivity index (χ1) is 13.5. The lowest BCUT2D eigenvalue weighted by molar-refractivity contribution is -0.384. The lowest BCUT2D eigenvalue weighted by Crippen LogP contribution is -2.12. The van der Waals surface area contributed by atoms with Gasteiger partial charge in [-0.05, 0) is 36.4 Å². The van der Waals surface area contributed by atoms with Crippen molar-refractivity contribution < 1.29 is 14.1 Å². The molecule has 1 amide bonds. The Morgan fingerprint density at radius 3 is 2.79 bits per heavy atom. The summed E-state index contributed by atoms with van der Waals surface area (Å²) in [6.07, 6.45) is 1.62. The number of anilines is 1. The molecule has 0 unspecified atom stereocenters. The van der Waals surface area contributed by atoms with Crippen LogP contribution in [0.25, 0.3) is 22.7 Å². The number of pyridine rings is 1. The first-order valence-electron chi connectivity index (χ1n) is 8.08. The van der Waals surface area contributed by atoms with Crippen molar-refractivity contribution in [2.75, 3.05) is 5.32 Å². The van der Waals surface area contributed by atoms with E-state index in [2.05, 4.69) is 15.3 Å². The third-order valence-corrected chi connectivity index (χ3v) is 4.27. The van der Waals surface area contributed by atoms with Crippen LogP contribution in [0, 0.1) is 10.1 Å². The van der Waals surface area contributed by atoms with Crippen molar-refractivity contribution in [3.05, 3.63) is 81.5 Å². The average Bonchev–Trinajstić information content (AvgIpc) is 3.12. The zero-order chi connectivity index (χ0) is 19.7. The van der Waals surface area contributed by atoms with Crippen LogP contribution in [-0.4, -0.2) is 20.8 Å². The summed E-state index contributed by atoms with van der Waals surface area (Å²) in [5.41, 5.74) is 1.92. The fourth-order valence-electron chi connectivity index (χ4n) is 2.62. The molecule has 2 aromatic carbocycles. The number of halogens is 1. The number of carbonyl (C=O) groups is 1. The average molecular weight is 395 g/mol. The van der Waals surface area contributed by atoms with Crippen LogP contribution in [0.4, 0.5) is 11.4 Å². The zero-order valence-electron chi connectivity index (χ0n) is 14.1. The molecule has 2 heterocycles. The summed E-state index contributed by atoms with van der Waals surface area (Å²) in [5.74, 6) is -0.205. The molecule has 28 heavy (non-hydrogen) atoms. The number of oxazole rings is 1. The van der Waals surface area contributed by atoms with E-state index in [1.807, 2.05) is 0 Å². The van der Waals surface area contributed by atoms with E-state index in [0.717, 1.165) is 6.07 Å². The Kier molecular flexibility index (Phi) is 4.46. The summed E-state index contributed by atoms with van der Waals surface area (Å²) < 4.78 is 5.68. The minimum absolute atomic E-state index is 0.00679. The van der Waals surface area contributed by atoms with Gasteiger partial charge in [-0.1, -0.05) is 17.7 Å². The summed E-state index contributed by atoms with van der Waals surface area (Å²) in [5, 5.41) is 13.7. The molecule has 2 aromatic heterocycles. The molecular weight excluding hydrogens is 384 g/mol. The molecule has 0 radical (unpaired) electrons. The van der Waals surface area contributed by atoms with E-state index in [1.54, 1.807) is 42.6 Å². The van der Waals surface area contributed by atoms with Crippen LogP contribution < -0.4 is 5.32 Å². The second-order valence-corrected chi connectivity index (χ2v) is 6.21. The molecule has 0 spiro atoms. The summed E-state index contributed by atoms with van der Waals surface area (Å²) in [6, 6.07) is 14.0. The predicted octanol–water partition coefficient (Wildman–Crippen LogP) is 4.70. The Bertz CT molecular complexity index is 1190. The largest absolute Gasteiger partial charge is 0.434 e. The van der Waals surface area contributed by atoms with Gasteiger partial charge in [0.15, 0.2) is 11.2 Å². The summed E-state index contributed by atoms with van der Waals surface area (Å²) >= 11 is 6.02. The topological polar surface area (TPSA) is 111 Å². The van der Waals surface area contributed by atoms with Gasteiger partial charge in [0.05, 0.1) is 15.5 Å². The lowest BCUT2D eigenvalue weighted by atomic mass is 10.1. The number of rotatable bonds is 4. The smallest absolute Gasteiger partial charge is 0.270 e. The maximum absolute atomic E-state index is 12.5. The fraction of sp³-hybridized carbons (Fsp3) is 0. The molecule has 0 atom stereocenters. The van der Waals surface area contributed by atoms with Crippen LogP contribution in [0.5, 0.6) is 0 Å². The molecule has 0 bridgehead atoms. The minimum Gasteiger partial charge on any atom is -0.434 e. The summed E-state index contributed by atoms with van der Waals surface area (Å²) in [4.78, 5) is 31.3. The summed E-state index contributed by atoms with van der Waals surface area (Å²) in [7, 11) is 0. The van der Waals surface area contributed by atoms with Gasteiger partial charge in [0.2, 0.25) is 5.89 Å². The highest BCUT2D eigenvalue weighted by Crippen LogP contribution is 2.27. The van der Waals surface area contributed by atoms with Gasteiger partial charge in [-0.2, -0.15) is 4.98 Å². The molecule has 138 valence electrons. The van der Waals surface area contributed by atoms with Gasteiger partial charge in [-0.25, -0.2) is 4.98 Å². The van der Waals surface area contributed by atoms with Gasteiger partial charge in [0.1, 0.15) is 0 Å². The van der Waals surface area contributed by atoms with E-state index in [-0.39, 0.29) is 16.3 Å². The predicted molar refractivity (Wildman–Crippen MR) is 103 cm³/mol. The Balaban J connectivity index is 1.62. The molecule has 4 rings (SSSR count). The number of fused-ring (bicyclic) bond motifs is 1. The number of nitrogens with zero attached hydrogens (tertiary/aromatic N) is 3. The van der Waals surface area contributed by atoms with Crippen molar-refractivity contribution in [3.63, 3.8) is 0 Å². The third-order valence-electron chi connectivity index (χ3n) is 3.94. The lowest BCUT2D eigenvalue weighted by Gasteiger charge is -2.07. The van der Waals surface area contributed by atoms with Crippen molar-refractivity contribution >= 4 is 40.1 Å². The van der Waals surface area contributed by atoms with Gasteiger partial charge in [-0.3, -0.25) is 14.9 Å². The maximum atomic E-state index is 12.5.